The fourth-order valence-electron chi connectivity index (χ4n) is 2.49. The van der Waals surface area contributed by atoms with Gasteiger partial charge in [-0.3, -0.25) is 0 Å². The smallest absolute Gasteiger partial charge is 0.410 e. The second-order valence-electron chi connectivity index (χ2n) is 5.65. The lowest BCUT2D eigenvalue weighted by Crippen LogP contribution is -2.44. The van der Waals surface area contributed by atoms with Gasteiger partial charge in [0.05, 0.1) is 6.61 Å². The van der Waals surface area contributed by atoms with Gasteiger partial charge < -0.3 is 14.4 Å². The van der Waals surface area contributed by atoms with E-state index >= 15 is 0 Å². The van der Waals surface area contributed by atoms with Crippen LogP contribution in [0.2, 0.25) is 0 Å². The summed E-state index contributed by atoms with van der Waals surface area (Å²) in [5, 5.41) is 0. The maximum Gasteiger partial charge on any atom is 0.410 e. The number of ether oxygens (including phenoxy) is 2. The molecule has 0 saturated carbocycles. The number of hydrogen-bond donors (Lipinski definition) is 0. The number of amides is 1. The zero-order chi connectivity index (χ0) is 11.8. The van der Waals surface area contributed by atoms with Crippen LogP contribution in [-0.4, -0.2) is 42.4 Å². The fraction of sp³-hybridized carbons (Fsp3) is 0.917. The third kappa shape index (κ3) is 2.48. The molecule has 0 aliphatic carbocycles. The first-order valence-electron chi connectivity index (χ1n) is 6.05. The first kappa shape index (κ1) is 11.7. The van der Waals surface area contributed by atoms with Crippen LogP contribution in [0, 0.1) is 5.92 Å². The van der Waals surface area contributed by atoms with E-state index in [2.05, 4.69) is 0 Å². The van der Waals surface area contributed by atoms with Crippen molar-refractivity contribution in [2.24, 2.45) is 5.92 Å². The lowest BCUT2D eigenvalue weighted by atomic mass is 9.97. The van der Waals surface area contributed by atoms with Crippen molar-refractivity contribution in [1.82, 2.24) is 4.90 Å². The van der Waals surface area contributed by atoms with Gasteiger partial charge in [0.1, 0.15) is 5.60 Å². The highest BCUT2D eigenvalue weighted by Gasteiger charge is 2.40. The molecule has 4 heteroatoms. The second kappa shape index (κ2) is 4.24. The average Bonchev–Trinajstić information content (AvgIpc) is 2.58. The molecule has 2 fully saturated rings. The highest BCUT2D eigenvalue weighted by atomic mass is 16.6. The van der Waals surface area contributed by atoms with Crippen molar-refractivity contribution in [3.8, 4) is 0 Å². The van der Waals surface area contributed by atoms with Crippen molar-refractivity contribution in [2.45, 2.75) is 45.3 Å². The Hall–Kier alpha value is -0.770. The molecule has 2 saturated heterocycles. The quantitative estimate of drug-likeness (QED) is 0.635. The summed E-state index contributed by atoms with van der Waals surface area (Å²) in [6.07, 6.45) is 1.83. The van der Waals surface area contributed by atoms with Gasteiger partial charge in [-0.05, 0) is 33.6 Å². The van der Waals surface area contributed by atoms with Crippen LogP contribution in [0.1, 0.15) is 33.6 Å². The van der Waals surface area contributed by atoms with Crippen LogP contribution in [0.15, 0.2) is 0 Å². The van der Waals surface area contributed by atoms with Crippen LogP contribution in [-0.2, 0) is 9.47 Å². The first-order chi connectivity index (χ1) is 7.47. The Morgan fingerprint density at radius 2 is 2.12 bits per heavy atom. The lowest BCUT2D eigenvalue weighted by molar-refractivity contribution is -0.00371. The van der Waals surface area contributed by atoms with Gasteiger partial charge in [0, 0.05) is 25.1 Å². The Labute approximate surface area is 96.9 Å². The molecule has 2 atom stereocenters. The molecular formula is C12H21NO3. The molecule has 0 N–H and O–H groups in total. The van der Waals surface area contributed by atoms with Crippen molar-refractivity contribution in [1.29, 1.82) is 0 Å². The van der Waals surface area contributed by atoms with Gasteiger partial charge in [-0.1, -0.05) is 0 Å². The molecule has 0 spiro atoms. The first-order valence-corrected chi connectivity index (χ1v) is 6.05. The highest BCUT2D eigenvalue weighted by molar-refractivity contribution is 5.69. The lowest BCUT2D eigenvalue weighted by Gasteiger charge is -2.32. The zero-order valence-electron chi connectivity index (χ0n) is 10.4. The van der Waals surface area contributed by atoms with Crippen molar-refractivity contribution < 1.29 is 14.3 Å². The van der Waals surface area contributed by atoms with E-state index < -0.39 is 5.60 Å². The Balaban J connectivity index is 1.97. The molecule has 16 heavy (non-hydrogen) atoms. The summed E-state index contributed by atoms with van der Waals surface area (Å²) >= 11 is 0. The van der Waals surface area contributed by atoms with Gasteiger partial charge >= 0.3 is 6.09 Å². The Bertz CT molecular complexity index is 272. The number of carbonyl (C=O) groups excluding carboxylic acids is 1. The third-order valence-corrected chi connectivity index (χ3v) is 3.20. The molecule has 0 radical (unpaired) electrons. The van der Waals surface area contributed by atoms with Gasteiger partial charge in [-0.15, -0.1) is 0 Å². The van der Waals surface area contributed by atoms with Crippen molar-refractivity contribution in [3.63, 3.8) is 0 Å². The Morgan fingerprint density at radius 1 is 1.38 bits per heavy atom. The van der Waals surface area contributed by atoms with Crippen LogP contribution >= 0.6 is 0 Å². The Morgan fingerprint density at radius 3 is 2.81 bits per heavy atom. The molecule has 2 aliphatic rings. The largest absolute Gasteiger partial charge is 0.444 e. The highest BCUT2D eigenvalue weighted by Crippen LogP contribution is 2.31. The summed E-state index contributed by atoms with van der Waals surface area (Å²) in [7, 11) is 0. The number of likely N-dealkylation sites (tertiary alicyclic amines) is 1. The SMILES string of the molecule is CC(C)(C)OC(=O)N1CC[C@H]2COCC[C@@H]21. The molecule has 92 valence electrons. The van der Waals surface area contributed by atoms with Gasteiger partial charge in [0.15, 0.2) is 0 Å². The van der Waals surface area contributed by atoms with Gasteiger partial charge in [-0.2, -0.15) is 0 Å². The van der Waals surface area contributed by atoms with E-state index in [9.17, 15) is 4.79 Å². The number of fused-ring (bicyclic) bond motifs is 1. The molecule has 2 aliphatic heterocycles. The van der Waals surface area contributed by atoms with Gasteiger partial charge in [0.2, 0.25) is 0 Å². The maximum absolute atomic E-state index is 12.0. The van der Waals surface area contributed by atoms with E-state index in [0.717, 1.165) is 32.6 Å². The molecule has 2 rings (SSSR count). The number of rotatable bonds is 0. The molecular weight excluding hydrogens is 206 g/mol. The molecule has 0 aromatic rings. The van der Waals surface area contributed by atoms with Crippen LogP contribution < -0.4 is 0 Å². The zero-order valence-corrected chi connectivity index (χ0v) is 10.4. The van der Waals surface area contributed by atoms with E-state index in [-0.39, 0.29) is 6.09 Å². The Kier molecular flexibility index (Phi) is 3.10. The van der Waals surface area contributed by atoms with Crippen LogP contribution in [0.5, 0.6) is 0 Å². The van der Waals surface area contributed by atoms with E-state index in [4.69, 9.17) is 9.47 Å². The van der Waals surface area contributed by atoms with Crippen molar-refractivity contribution >= 4 is 6.09 Å². The topological polar surface area (TPSA) is 38.8 Å². The van der Waals surface area contributed by atoms with Gasteiger partial charge in [0.25, 0.3) is 0 Å². The third-order valence-electron chi connectivity index (χ3n) is 3.20. The number of nitrogens with zero attached hydrogens (tertiary/aromatic N) is 1. The minimum Gasteiger partial charge on any atom is -0.444 e. The van der Waals surface area contributed by atoms with Crippen LogP contribution in [0.25, 0.3) is 0 Å². The number of carbonyl (C=O) groups is 1. The second-order valence-corrected chi connectivity index (χ2v) is 5.65. The molecule has 1 amide bonds. The van der Waals surface area contributed by atoms with Crippen molar-refractivity contribution in [3.05, 3.63) is 0 Å². The van der Waals surface area contributed by atoms with Gasteiger partial charge in [-0.25, -0.2) is 4.79 Å². The van der Waals surface area contributed by atoms with Crippen LogP contribution in [0.4, 0.5) is 4.79 Å². The summed E-state index contributed by atoms with van der Waals surface area (Å²) in [5.74, 6) is 0.515. The average molecular weight is 227 g/mol. The summed E-state index contributed by atoms with van der Waals surface area (Å²) in [5.41, 5.74) is -0.402. The molecule has 0 aromatic heterocycles. The van der Waals surface area contributed by atoms with E-state index in [0.29, 0.717) is 12.0 Å². The summed E-state index contributed by atoms with van der Waals surface area (Å²) < 4.78 is 10.9. The number of hydrogen-bond acceptors (Lipinski definition) is 3. The minimum absolute atomic E-state index is 0.165. The van der Waals surface area contributed by atoms with E-state index in [1.54, 1.807) is 0 Å². The molecule has 2 heterocycles. The standard InChI is InChI=1S/C12H21NO3/c1-12(2,3)16-11(14)13-6-4-9-8-15-7-5-10(9)13/h9-10H,4-8H2,1-3H3/t9-,10-/m0/s1. The summed E-state index contributed by atoms with van der Waals surface area (Å²) in [4.78, 5) is 13.9. The maximum atomic E-state index is 12.0. The van der Waals surface area contributed by atoms with E-state index in [1.807, 2.05) is 25.7 Å². The molecule has 0 bridgehead atoms. The van der Waals surface area contributed by atoms with Crippen LogP contribution in [0.3, 0.4) is 0 Å². The molecule has 0 unspecified atom stereocenters. The molecule has 4 nitrogen and oxygen atoms in total. The van der Waals surface area contributed by atoms with Crippen molar-refractivity contribution in [2.75, 3.05) is 19.8 Å². The minimum atomic E-state index is -0.402. The predicted octanol–water partition coefficient (Wildman–Crippen LogP) is 2.03. The van der Waals surface area contributed by atoms with E-state index in [1.165, 1.54) is 0 Å². The summed E-state index contributed by atoms with van der Waals surface area (Å²) in [6.45, 7) is 8.09. The predicted molar refractivity (Wildman–Crippen MR) is 60.3 cm³/mol. The molecule has 0 aromatic carbocycles. The summed E-state index contributed by atoms with van der Waals surface area (Å²) in [6, 6.07) is 0.337. The monoisotopic (exact) mass is 227 g/mol. The normalized spacial score (nSPS) is 30.1. The fourth-order valence-corrected chi connectivity index (χ4v) is 2.49.